The summed E-state index contributed by atoms with van der Waals surface area (Å²) in [5, 5.41) is 5.43. The number of carbonyl (C=O) groups is 2. The molecule has 1 aliphatic carbocycles. The highest BCUT2D eigenvalue weighted by molar-refractivity contribution is 5.94. The van der Waals surface area contributed by atoms with Crippen LogP contribution in [0, 0.1) is 12.3 Å². The predicted molar refractivity (Wildman–Crippen MR) is 120 cm³/mol. The molecule has 154 valence electrons. The number of alkyl carbamates (subject to hydrolysis) is 1. The molecule has 5 nitrogen and oxygen atoms in total. The second-order valence-corrected chi connectivity index (χ2v) is 7.23. The zero-order valence-electron chi connectivity index (χ0n) is 16.9. The number of ether oxygens (including phenoxy) is 1. The van der Waals surface area contributed by atoms with Crippen LogP contribution in [0.15, 0.2) is 72.8 Å². The predicted octanol–water partition coefficient (Wildman–Crippen LogP) is 3.94. The lowest BCUT2D eigenvalue weighted by Crippen LogP contribution is -2.35. The first kappa shape index (κ1) is 20.2. The zero-order chi connectivity index (χ0) is 21.6. The molecule has 0 fully saturated rings. The molecule has 5 heteroatoms. The molecule has 31 heavy (non-hydrogen) atoms. The SMILES string of the molecule is C#Cc1ccc(C(=O)NCCNC(=O)OCC2c3ccccc3-c3ccccc32)cc1. The largest absolute Gasteiger partial charge is 0.449 e. The minimum absolute atomic E-state index is 0.0174. The minimum Gasteiger partial charge on any atom is -0.449 e. The third-order valence-corrected chi connectivity index (χ3v) is 5.34. The number of rotatable bonds is 6. The molecule has 0 atom stereocenters. The van der Waals surface area contributed by atoms with Crippen LogP contribution >= 0.6 is 0 Å². The summed E-state index contributed by atoms with van der Waals surface area (Å²) >= 11 is 0. The molecule has 1 aliphatic rings. The Bertz CT molecular complexity index is 1100. The lowest BCUT2D eigenvalue weighted by atomic mass is 9.98. The van der Waals surface area contributed by atoms with E-state index in [4.69, 9.17) is 11.2 Å². The van der Waals surface area contributed by atoms with Crippen LogP contribution in [0.1, 0.15) is 33.0 Å². The van der Waals surface area contributed by atoms with E-state index >= 15 is 0 Å². The van der Waals surface area contributed by atoms with E-state index in [0.29, 0.717) is 17.7 Å². The van der Waals surface area contributed by atoms with E-state index in [-0.39, 0.29) is 25.0 Å². The Morgan fingerprint density at radius 3 is 2.03 bits per heavy atom. The maximum Gasteiger partial charge on any atom is 0.407 e. The lowest BCUT2D eigenvalue weighted by Gasteiger charge is -2.14. The summed E-state index contributed by atoms with van der Waals surface area (Å²) in [6.07, 6.45) is 4.81. The van der Waals surface area contributed by atoms with Gasteiger partial charge in [0.2, 0.25) is 0 Å². The number of nitrogens with one attached hydrogen (secondary N) is 2. The first-order valence-corrected chi connectivity index (χ1v) is 10.1. The smallest absolute Gasteiger partial charge is 0.407 e. The zero-order valence-corrected chi connectivity index (χ0v) is 16.9. The molecule has 4 rings (SSSR count). The van der Waals surface area contributed by atoms with Crippen LogP contribution in [0.2, 0.25) is 0 Å². The first-order chi connectivity index (χ1) is 15.2. The third kappa shape index (κ3) is 4.44. The van der Waals surface area contributed by atoms with E-state index in [2.05, 4.69) is 40.8 Å². The van der Waals surface area contributed by atoms with Crippen LogP contribution in [-0.2, 0) is 4.74 Å². The highest BCUT2D eigenvalue weighted by Crippen LogP contribution is 2.44. The van der Waals surface area contributed by atoms with Gasteiger partial charge in [0.25, 0.3) is 5.91 Å². The molecule has 2 N–H and O–H groups in total. The molecule has 0 bridgehead atoms. The molecular weight excluding hydrogens is 388 g/mol. The van der Waals surface area contributed by atoms with E-state index < -0.39 is 6.09 Å². The van der Waals surface area contributed by atoms with E-state index in [0.717, 1.165) is 0 Å². The molecule has 0 aliphatic heterocycles. The maximum atomic E-state index is 12.1. The third-order valence-electron chi connectivity index (χ3n) is 5.34. The average molecular weight is 410 g/mol. The van der Waals surface area contributed by atoms with Gasteiger partial charge in [-0.25, -0.2) is 4.79 Å². The van der Waals surface area contributed by atoms with Crippen LogP contribution < -0.4 is 10.6 Å². The Morgan fingerprint density at radius 2 is 1.42 bits per heavy atom. The van der Waals surface area contributed by atoms with Gasteiger partial charge in [0.15, 0.2) is 0 Å². The fourth-order valence-electron chi connectivity index (χ4n) is 3.81. The summed E-state index contributed by atoms with van der Waals surface area (Å²) in [7, 11) is 0. The Morgan fingerprint density at radius 1 is 0.839 bits per heavy atom. The topological polar surface area (TPSA) is 67.4 Å². The van der Waals surface area contributed by atoms with Gasteiger partial charge in [0, 0.05) is 30.1 Å². The van der Waals surface area contributed by atoms with E-state index in [1.807, 2.05) is 24.3 Å². The molecule has 0 unspecified atom stereocenters. The highest BCUT2D eigenvalue weighted by Gasteiger charge is 2.28. The molecule has 0 heterocycles. The molecule has 0 spiro atoms. The van der Waals surface area contributed by atoms with Crippen molar-refractivity contribution in [3.05, 3.63) is 95.1 Å². The van der Waals surface area contributed by atoms with Gasteiger partial charge in [-0.05, 0) is 46.5 Å². The Hall–Kier alpha value is -4.04. The number of carbonyl (C=O) groups excluding carboxylic acids is 2. The van der Waals surface area contributed by atoms with Crippen molar-refractivity contribution in [2.24, 2.45) is 0 Å². The van der Waals surface area contributed by atoms with Crippen LogP contribution in [0.4, 0.5) is 4.79 Å². The number of hydrogen-bond donors (Lipinski definition) is 2. The van der Waals surface area contributed by atoms with Gasteiger partial charge >= 0.3 is 6.09 Å². The van der Waals surface area contributed by atoms with Crippen LogP contribution in [0.5, 0.6) is 0 Å². The molecule has 0 saturated heterocycles. The minimum atomic E-state index is -0.505. The molecule has 3 aromatic rings. The van der Waals surface area contributed by atoms with Crippen molar-refractivity contribution in [3.8, 4) is 23.5 Å². The Kier molecular flexibility index (Phi) is 6.00. The maximum absolute atomic E-state index is 12.1. The van der Waals surface area contributed by atoms with Crippen molar-refractivity contribution in [2.45, 2.75) is 5.92 Å². The summed E-state index contributed by atoms with van der Waals surface area (Å²) in [5.41, 5.74) is 5.93. The number of fused-ring (bicyclic) bond motifs is 3. The Balaban J connectivity index is 1.25. The van der Waals surface area contributed by atoms with Gasteiger partial charge in [-0.2, -0.15) is 0 Å². The van der Waals surface area contributed by atoms with Crippen LogP contribution in [0.25, 0.3) is 11.1 Å². The Labute approximate surface area is 181 Å². The second-order valence-electron chi connectivity index (χ2n) is 7.23. The number of benzene rings is 3. The summed E-state index contributed by atoms with van der Waals surface area (Å²) in [5.74, 6) is 2.30. The lowest BCUT2D eigenvalue weighted by molar-refractivity contribution is 0.0952. The number of amides is 2. The van der Waals surface area contributed by atoms with Crippen molar-refractivity contribution in [1.29, 1.82) is 0 Å². The van der Waals surface area contributed by atoms with Crippen molar-refractivity contribution >= 4 is 12.0 Å². The summed E-state index contributed by atoms with van der Waals surface area (Å²) in [6.45, 7) is 0.818. The quantitative estimate of drug-likeness (QED) is 0.478. The molecule has 2 amide bonds. The van der Waals surface area contributed by atoms with Gasteiger partial charge in [-0.3, -0.25) is 4.79 Å². The van der Waals surface area contributed by atoms with Crippen molar-refractivity contribution in [1.82, 2.24) is 10.6 Å². The number of terminal acetylenes is 1. The second kappa shape index (κ2) is 9.19. The van der Waals surface area contributed by atoms with Gasteiger partial charge in [-0.1, -0.05) is 54.5 Å². The monoisotopic (exact) mass is 410 g/mol. The van der Waals surface area contributed by atoms with Gasteiger partial charge in [0.05, 0.1) is 0 Å². The van der Waals surface area contributed by atoms with Crippen LogP contribution in [-0.4, -0.2) is 31.7 Å². The normalized spacial score (nSPS) is 11.7. The summed E-state index contributed by atoms with van der Waals surface area (Å²) < 4.78 is 5.48. The highest BCUT2D eigenvalue weighted by atomic mass is 16.5. The van der Waals surface area contributed by atoms with Gasteiger partial charge in [0.1, 0.15) is 6.61 Å². The van der Waals surface area contributed by atoms with Crippen molar-refractivity contribution in [2.75, 3.05) is 19.7 Å². The van der Waals surface area contributed by atoms with Gasteiger partial charge < -0.3 is 15.4 Å². The van der Waals surface area contributed by atoms with E-state index in [9.17, 15) is 9.59 Å². The molecule has 0 aromatic heterocycles. The molecule has 0 saturated carbocycles. The van der Waals surface area contributed by atoms with E-state index in [1.54, 1.807) is 24.3 Å². The summed E-state index contributed by atoms with van der Waals surface area (Å²) in [4.78, 5) is 24.3. The van der Waals surface area contributed by atoms with Gasteiger partial charge in [-0.15, -0.1) is 6.42 Å². The van der Waals surface area contributed by atoms with Crippen molar-refractivity contribution in [3.63, 3.8) is 0 Å². The molecule has 3 aromatic carbocycles. The molecular formula is C26H22N2O3. The van der Waals surface area contributed by atoms with E-state index in [1.165, 1.54) is 22.3 Å². The fraction of sp³-hybridized carbons (Fsp3) is 0.154. The first-order valence-electron chi connectivity index (χ1n) is 10.1. The number of hydrogen-bond acceptors (Lipinski definition) is 3. The standard InChI is InChI=1S/C26H22N2O3/c1-2-18-11-13-19(14-12-18)25(29)27-15-16-28-26(30)31-17-24-22-9-5-3-7-20(22)21-8-4-6-10-23(21)24/h1,3-14,24H,15-17H2,(H,27,29)(H,28,30). The molecule has 0 radical (unpaired) electrons. The summed E-state index contributed by atoms with van der Waals surface area (Å²) in [6, 6.07) is 23.1. The fourth-order valence-corrected chi connectivity index (χ4v) is 3.81. The van der Waals surface area contributed by atoms with Crippen molar-refractivity contribution < 1.29 is 14.3 Å². The average Bonchev–Trinajstić information content (AvgIpc) is 3.14. The van der Waals surface area contributed by atoms with Crippen LogP contribution in [0.3, 0.4) is 0 Å².